The smallest absolute Gasteiger partial charge is 0.312 e. The Morgan fingerprint density at radius 1 is 1.17 bits per heavy atom. The molecule has 138 valence electrons. The van der Waals surface area contributed by atoms with Crippen molar-refractivity contribution in [3.8, 4) is 0 Å². The number of rotatable bonds is 6. The molecule has 2 rings (SSSR count). The summed E-state index contributed by atoms with van der Waals surface area (Å²) < 4.78 is 26.8. The molecular formula is C15H28N4O4S. The van der Waals surface area contributed by atoms with Crippen molar-refractivity contribution in [1.29, 1.82) is 0 Å². The van der Waals surface area contributed by atoms with Crippen LogP contribution in [0.25, 0.3) is 0 Å². The third-order valence-corrected chi connectivity index (χ3v) is 7.19. The lowest BCUT2D eigenvalue weighted by atomic mass is 10.1. The maximum absolute atomic E-state index is 12.6. The molecule has 9 heteroatoms. The normalized spacial score (nSPS) is 21.6. The molecule has 0 saturated carbocycles. The minimum atomic E-state index is -3.25. The Labute approximate surface area is 143 Å². The van der Waals surface area contributed by atoms with Crippen LogP contribution < -0.4 is 11.1 Å². The molecule has 3 N–H and O–H groups in total. The molecule has 0 bridgehead atoms. The van der Waals surface area contributed by atoms with E-state index in [-0.39, 0.29) is 5.91 Å². The van der Waals surface area contributed by atoms with Gasteiger partial charge in [-0.25, -0.2) is 17.5 Å². The Morgan fingerprint density at radius 2 is 1.75 bits per heavy atom. The highest BCUT2D eigenvalue weighted by molar-refractivity contribution is 7.89. The number of nitrogens with two attached hydrogens (primary N) is 1. The van der Waals surface area contributed by atoms with Gasteiger partial charge in [-0.15, -0.1) is 0 Å². The van der Waals surface area contributed by atoms with Crippen molar-refractivity contribution in [1.82, 2.24) is 14.5 Å². The van der Waals surface area contributed by atoms with E-state index in [1.54, 1.807) is 9.21 Å². The quantitative estimate of drug-likeness (QED) is 0.706. The second-order valence-electron chi connectivity index (χ2n) is 6.53. The van der Waals surface area contributed by atoms with Crippen LogP contribution in [0.15, 0.2) is 0 Å². The first-order valence-electron chi connectivity index (χ1n) is 8.70. The fraction of sp³-hybridized carbons (Fsp3) is 0.867. The van der Waals surface area contributed by atoms with Crippen molar-refractivity contribution < 1.29 is 18.0 Å². The molecule has 0 aromatic carbocycles. The van der Waals surface area contributed by atoms with E-state index >= 15 is 0 Å². The largest absolute Gasteiger partial charge is 0.352 e. The lowest BCUT2D eigenvalue weighted by Gasteiger charge is -2.35. The first-order chi connectivity index (χ1) is 11.4. The van der Waals surface area contributed by atoms with Crippen LogP contribution in [0, 0.1) is 0 Å². The van der Waals surface area contributed by atoms with Gasteiger partial charge in [0.05, 0.1) is 5.25 Å². The lowest BCUT2D eigenvalue weighted by molar-refractivity contribution is -0.134. The molecule has 2 saturated heterocycles. The van der Waals surface area contributed by atoms with Gasteiger partial charge in [-0.1, -0.05) is 13.3 Å². The number of nitrogens with zero attached hydrogens (tertiary/aromatic N) is 2. The Balaban J connectivity index is 1.93. The lowest BCUT2D eigenvalue weighted by Crippen LogP contribution is -2.53. The summed E-state index contributed by atoms with van der Waals surface area (Å²) in [4.78, 5) is 25.2. The van der Waals surface area contributed by atoms with Crippen LogP contribution in [0.2, 0.25) is 0 Å². The summed E-state index contributed by atoms with van der Waals surface area (Å²) >= 11 is 0. The second-order valence-corrected chi connectivity index (χ2v) is 8.74. The van der Waals surface area contributed by atoms with Gasteiger partial charge >= 0.3 is 6.03 Å². The molecule has 1 atom stereocenters. The average Bonchev–Trinajstić information content (AvgIpc) is 3.09. The summed E-state index contributed by atoms with van der Waals surface area (Å²) in [6.45, 7) is 3.96. The summed E-state index contributed by atoms with van der Waals surface area (Å²) in [5.41, 5.74) is 5.13. The Kier molecular flexibility index (Phi) is 6.45. The Bertz CT molecular complexity index is 552. The van der Waals surface area contributed by atoms with Crippen LogP contribution in [0.1, 0.15) is 45.4 Å². The van der Waals surface area contributed by atoms with E-state index in [0.717, 1.165) is 19.3 Å². The standard InChI is InChI=1S/C15H28N4O4S/c1-2-5-13(17-15(16)21)14(20)18-10-6-12(7-11-18)24(22,23)19-8-3-4-9-19/h12-13H,2-11H2,1H3,(H3,16,17,21)/t13-/m1/s1. The van der Waals surface area contributed by atoms with Crippen molar-refractivity contribution in [2.45, 2.75) is 56.7 Å². The molecule has 0 radical (unpaired) electrons. The number of sulfonamides is 1. The highest BCUT2D eigenvalue weighted by Gasteiger charge is 2.37. The summed E-state index contributed by atoms with van der Waals surface area (Å²) in [6, 6.07) is -1.34. The SMILES string of the molecule is CCC[C@@H](NC(N)=O)C(=O)N1CCC(S(=O)(=O)N2CCCC2)CC1. The monoisotopic (exact) mass is 360 g/mol. The van der Waals surface area contributed by atoms with E-state index in [0.29, 0.717) is 45.4 Å². The van der Waals surface area contributed by atoms with Gasteiger partial charge in [-0.2, -0.15) is 0 Å². The number of primary amides is 1. The fourth-order valence-electron chi connectivity index (χ4n) is 3.47. The van der Waals surface area contributed by atoms with E-state index in [9.17, 15) is 18.0 Å². The van der Waals surface area contributed by atoms with Crippen molar-refractivity contribution in [2.24, 2.45) is 5.73 Å². The molecule has 2 fully saturated rings. The fourth-order valence-corrected chi connectivity index (χ4v) is 5.46. The number of hydrogen-bond acceptors (Lipinski definition) is 4. The molecule has 0 spiro atoms. The third kappa shape index (κ3) is 4.38. The molecule has 2 aliphatic heterocycles. The predicted octanol–water partition coefficient (Wildman–Crippen LogP) is 0.240. The number of amides is 3. The molecular weight excluding hydrogens is 332 g/mol. The zero-order valence-corrected chi connectivity index (χ0v) is 15.1. The van der Waals surface area contributed by atoms with E-state index in [4.69, 9.17) is 5.73 Å². The molecule has 0 aliphatic carbocycles. The Morgan fingerprint density at radius 3 is 2.25 bits per heavy atom. The van der Waals surface area contributed by atoms with Crippen LogP contribution in [0.3, 0.4) is 0 Å². The van der Waals surface area contributed by atoms with Crippen molar-refractivity contribution in [3.05, 3.63) is 0 Å². The number of hydrogen-bond donors (Lipinski definition) is 2. The minimum Gasteiger partial charge on any atom is -0.352 e. The molecule has 24 heavy (non-hydrogen) atoms. The predicted molar refractivity (Wildman–Crippen MR) is 90.7 cm³/mol. The number of carbonyl (C=O) groups is 2. The number of piperidine rings is 1. The van der Waals surface area contributed by atoms with Crippen molar-refractivity contribution in [2.75, 3.05) is 26.2 Å². The number of nitrogens with one attached hydrogen (secondary N) is 1. The molecule has 0 aromatic heterocycles. The summed E-state index contributed by atoms with van der Waals surface area (Å²) in [6.07, 6.45) is 4.01. The van der Waals surface area contributed by atoms with Gasteiger partial charge in [0.2, 0.25) is 15.9 Å². The number of likely N-dealkylation sites (tertiary alicyclic amines) is 1. The summed E-state index contributed by atoms with van der Waals surface area (Å²) in [7, 11) is -3.25. The molecule has 2 heterocycles. The minimum absolute atomic E-state index is 0.173. The molecule has 3 amide bonds. The van der Waals surface area contributed by atoms with Gasteiger partial charge in [0.15, 0.2) is 0 Å². The third-order valence-electron chi connectivity index (χ3n) is 4.79. The van der Waals surface area contributed by atoms with E-state index in [2.05, 4.69) is 5.32 Å². The van der Waals surface area contributed by atoms with Gasteiger partial charge in [-0.05, 0) is 32.1 Å². The maximum Gasteiger partial charge on any atom is 0.312 e. The summed E-state index contributed by atoms with van der Waals surface area (Å²) in [5, 5.41) is 2.08. The highest BCUT2D eigenvalue weighted by Crippen LogP contribution is 2.24. The van der Waals surface area contributed by atoms with Crippen molar-refractivity contribution in [3.63, 3.8) is 0 Å². The molecule has 0 unspecified atom stereocenters. The zero-order chi connectivity index (χ0) is 17.7. The van der Waals surface area contributed by atoms with Crippen LogP contribution in [-0.2, 0) is 14.8 Å². The topological polar surface area (TPSA) is 113 Å². The van der Waals surface area contributed by atoms with Crippen LogP contribution in [0.4, 0.5) is 4.79 Å². The highest BCUT2D eigenvalue weighted by atomic mass is 32.2. The maximum atomic E-state index is 12.6. The van der Waals surface area contributed by atoms with Crippen molar-refractivity contribution >= 4 is 22.0 Å². The van der Waals surface area contributed by atoms with Gasteiger partial charge in [0.1, 0.15) is 6.04 Å². The van der Waals surface area contributed by atoms with Crippen LogP contribution in [0.5, 0.6) is 0 Å². The number of carbonyl (C=O) groups excluding carboxylic acids is 2. The Hall–Kier alpha value is -1.35. The van der Waals surface area contributed by atoms with Gasteiger partial charge in [-0.3, -0.25) is 4.79 Å². The molecule has 2 aliphatic rings. The van der Waals surface area contributed by atoms with Crippen LogP contribution >= 0.6 is 0 Å². The zero-order valence-electron chi connectivity index (χ0n) is 14.2. The van der Waals surface area contributed by atoms with Gasteiger partial charge in [0, 0.05) is 26.2 Å². The average molecular weight is 360 g/mol. The number of urea groups is 1. The van der Waals surface area contributed by atoms with Gasteiger partial charge in [0.25, 0.3) is 0 Å². The van der Waals surface area contributed by atoms with Gasteiger partial charge < -0.3 is 16.0 Å². The first kappa shape index (κ1) is 19.0. The molecule has 0 aromatic rings. The molecule has 8 nitrogen and oxygen atoms in total. The van der Waals surface area contributed by atoms with E-state index in [1.165, 1.54) is 0 Å². The van der Waals surface area contributed by atoms with E-state index in [1.807, 2.05) is 6.92 Å². The van der Waals surface area contributed by atoms with E-state index < -0.39 is 27.3 Å². The summed E-state index contributed by atoms with van der Waals surface area (Å²) in [5.74, 6) is -0.173. The first-order valence-corrected chi connectivity index (χ1v) is 10.2. The van der Waals surface area contributed by atoms with Crippen LogP contribution in [-0.4, -0.2) is 67.0 Å². The second kappa shape index (κ2) is 8.15.